The Kier molecular flexibility index (Phi) is 3.08. The van der Waals surface area contributed by atoms with Crippen LogP contribution in [0.5, 0.6) is 0 Å². The van der Waals surface area contributed by atoms with Crippen LogP contribution in [0.1, 0.15) is 16.7 Å². The van der Waals surface area contributed by atoms with E-state index in [4.69, 9.17) is 0 Å². The smallest absolute Gasteiger partial charge is 0.000441 e. The normalized spacial score (nSPS) is 14.4. The highest BCUT2D eigenvalue weighted by Gasteiger charge is 2.23. The summed E-state index contributed by atoms with van der Waals surface area (Å²) in [4.78, 5) is 4.50. The van der Waals surface area contributed by atoms with E-state index in [-0.39, 0.29) is 0 Å². The maximum Gasteiger partial charge on any atom is -0.000441 e. The molecule has 3 aromatic carbocycles. The van der Waals surface area contributed by atoms with Gasteiger partial charge in [0.2, 0.25) is 0 Å². The van der Waals surface area contributed by atoms with Gasteiger partial charge in [0.25, 0.3) is 0 Å². The molecule has 0 spiro atoms. The van der Waals surface area contributed by atoms with Crippen LogP contribution in [0.15, 0.2) is 87.5 Å². The van der Waals surface area contributed by atoms with Crippen molar-refractivity contribution in [1.82, 2.24) is 0 Å². The Bertz CT molecular complexity index is 741. The Labute approximate surface area is 128 Å². The van der Waals surface area contributed by atoms with Crippen molar-refractivity contribution in [1.29, 1.82) is 0 Å². The van der Waals surface area contributed by atoms with Crippen molar-refractivity contribution in [2.75, 3.05) is 0 Å². The number of hydrogen-bond acceptors (Lipinski definition) is 0. The van der Waals surface area contributed by atoms with Gasteiger partial charge in [-0.3, -0.25) is 0 Å². The van der Waals surface area contributed by atoms with Gasteiger partial charge in [-0.05, 0) is 63.4 Å². The minimum absolute atomic E-state index is 0.411. The van der Waals surface area contributed by atoms with Crippen LogP contribution in [0, 0.1) is 6.92 Å². The van der Waals surface area contributed by atoms with Gasteiger partial charge in [0.15, 0.2) is 0 Å². The summed E-state index contributed by atoms with van der Waals surface area (Å²) in [5, 5.41) is 0. The lowest BCUT2D eigenvalue weighted by molar-refractivity contribution is 1.04. The summed E-state index contributed by atoms with van der Waals surface area (Å²) in [7, 11) is -0.411. The molecule has 0 radical (unpaired) electrons. The standard InChI is InChI=1S/C20H18S/c1-15-10-12-18(13-11-15)21-19-8-4-2-6-16(19)14-17-7-3-5-9-20(17)21/h2-13,21H,14H2,1H3. The van der Waals surface area contributed by atoms with Crippen LogP contribution in [0.3, 0.4) is 0 Å². The van der Waals surface area contributed by atoms with Crippen LogP contribution < -0.4 is 0 Å². The molecule has 0 amide bonds. The minimum atomic E-state index is -0.411. The SMILES string of the molecule is Cc1ccc([SH]2c3ccccc3Cc3ccccc32)cc1. The Hall–Kier alpha value is -1.99. The van der Waals surface area contributed by atoms with Crippen LogP contribution in [0.2, 0.25) is 0 Å². The van der Waals surface area contributed by atoms with Gasteiger partial charge in [-0.1, -0.05) is 54.1 Å². The van der Waals surface area contributed by atoms with Gasteiger partial charge < -0.3 is 0 Å². The molecule has 0 saturated carbocycles. The zero-order valence-corrected chi connectivity index (χ0v) is 13.0. The Morgan fingerprint density at radius 3 is 1.76 bits per heavy atom. The summed E-state index contributed by atoms with van der Waals surface area (Å²) in [5.41, 5.74) is 4.30. The lowest BCUT2D eigenvalue weighted by Gasteiger charge is -2.32. The Morgan fingerprint density at radius 1 is 0.667 bits per heavy atom. The van der Waals surface area contributed by atoms with Crippen LogP contribution in [0.4, 0.5) is 0 Å². The fourth-order valence-corrected chi connectivity index (χ4v) is 5.68. The van der Waals surface area contributed by atoms with E-state index in [1.807, 2.05) is 0 Å². The zero-order chi connectivity index (χ0) is 14.2. The van der Waals surface area contributed by atoms with E-state index in [1.165, 1.54) is 31.4 Å². The third-order valence-corrected chi connectivity index (χ3v) is 6.79. The lowest BCUT2D eigenvalue weighted by Crippen LogP contribution is -2.04. The van der Waals surface area contributed by atoms with Gasteiger partial charge in [0.1, 0.15) is 0 Å². The van der Waals surface area contributed by atoms with Gasteiger partial charge in [-0.2, -0.15) is 10.9 Å². The highest BCUT2D eigenvalue weighted by Crippen LogP contribution is 2.56. The summed E-state index contributed by atoms with van der Waals surface area (Å²) in [6.07, 6.45) is 1.07. The van der Waals surface area contributed by atoms with Crippen molar-refractivity contribution in [2.45, 2.75) is 28.0 Å². The molecule has 0 fully saturated rings. The van der Waals surface area contributed by atoms with Crippen LogP contribution in [-0.4, -0.2) is 0 Å². The summed E-state index contributed by atoms with van der Waals surface area (Å²) >= 11 is 0. The molecular formula is C20H18S. The topological polar surface area (TPSA) is 0 Å². The van der Waals surface area contributed by atoms with E-state index >= 15 is 0 Å². The number of hydrogen-bond donors (Lipinski definition) is 1. The second-order valence-corrected chi connectivity index (χ2v) is 7.76. The van der Waals surface area contributed by atoms with Crippen molar-refractivity contribution in [3.05, 3.63) is 89.5 Å². The Balaban J connectivity index is 1.95. The van der Waals surface area contributed by atoms with Gasteiger partial charge in [-0.15, -0.1) is 0 Å². The molecule has 0 aliphatic carbocycles. The first-order valence-electron chi connectivity index (χ1n) is 7.35. The third kappa shape index (κ3) is 2.18. The fourth-order valence-electron chi connectivity index (χ4n) is 3.06. The van der Waals surface area contributed by atoms with Crippen molar-refractivity contribution < 1.29 is 0 Å². The molecule has 1 aliphatic rings. The minimum Gasteiger partial charge on any atom is -0.172 e. The number of benzene rings is 3. The predicted octanol–water partition coefficient (Wildman–Crippen LogP) is 5.38. The molecule has 1 heteroatoms. The second kappa shape index (κ2) is 5.09. The molecule has 0 N–H and O–H groups in total. The van der Waals surface area contributed by atoms with Crippen LogP contribution >= 0.6 is 10.9 Å². The van der Waals surface area contributed by atoms with Gasteiger partial charge in [-0.25, -0.2) is 0 Å². The molecule has 104 valence electrons. The number of fused-ring (bicyclic) bond motifs is 2. The Morgan fingerprint density at radius 2 is 1.19 bits per heavy atom. The van der Waals surface area contributed by atoms with Gasteiger partial charge in [0.05, 0.1) is 0 Å². The molecule has 0 atom stereocenters. The average molecular weight is 290 g/mol. The molecule has 3 aromatic rings. The molecule has 0 bridgehead atoms. The van der Waals surface area contributed by atoms with E-state index in [0.717, 1.165) is 6.42 Å². The molecule has 0 saturated heterocycles. The lowest BCUT2D eigenvalue weighted by atomic mass is 10.0. The largest absolute Gasteiger partial charge is 0.172 e. The van der Waals surface area contributed by atoms with Crippen molar-refractivity contribution in [3.63, 3.8) is 0 Å². The number of aryl methyl sites for hydroxylation is 1. The quantitative estimate of drug-likeness (QED) is 0.447. The van der Waals surface area contributed by atoms with Crippen molar-refractivity contribution in [3.8, 4) is 0 Å². The molecule has 0 nitrogen and oxygen atoms in total. The van der Waals surface area contributed by atoms with E-state index in [1.54, 1.807) is 0 Å². The highest BCUT2D eigenvalue weighted by molar-refractivity contribution is 8.17. The third-order valence-electron chi connectivity index (χ3n) is 4.14. The van der Waals surface area contributed by atoms with Crippen LogP contribution in [-0.2, 0) is 6.42 Å². The highest BCUT2D eigenvalue weighted by atomic mass is 32.2. The maximum atomic E-state index is 2.32. The molecule has 21 heavy (non-hydrogen) atoms. The molecule has 1 heterocycles. The first kappa shape index (κ1) is 12.7. The first-order chi connectivity index (χ1) is 10.3. The summed E-state index contributed by atoms with van der Waals surface area (Å²) in [5.74, 6) is 0. The van der Waals surface area contributed by atoms with Crippen LogP contribution in [0.25, 0.3) is 0 Å². The monoisotopic (exact) mass is 290 g/mol. The summed E-state index contributed by atoms with van der Waals surface area (Å²) in [6.45, 7) is 2.15. The average Bonchev–Trinajstić information content (AvgIpc) is 2.53. The molecule has 0 unspecified atom stereocenters. The fraction of sp³-hybridized carbons (Fsp3) is 0.100. The summed E-state index contributed by atoms with van der Waals surface area (Å²) < 4.78 is 0. The van der Waals surface area contributed by atoms with Gasteiger partial charge in [0, 0.05) is 0 Å². The first-order valence-corrected chi connectivity index (χ1v) is 8.70. The second-order valence-electron chi connectivity index (χ2n) is 5.61. The zero-order valence-electron chi connectivity index (χ0n) is 12.1. The van der Waals surface area contributed by atoms with Gasteiger partial charge >= 0.3 is 0 Å². The predicted molar refractivity (Wildman–Crippen MR) is 90.7 cm³/mol. The molecular weight excluding hydrogens is 272 g/mol. The molecule has 1 aliphatic heterocycles. The number of rotatable bonds is 1. The van der Waals surface area contributed by atoms with E-state index < -0.39 is 10.9 Å². The summed E-state index contributed by atoms with van der Waals surface area (Å²) in [6, 6.07) is 27.0. The van der Waals surface area contributed by atoms with E-state index in [9.17, 15) is 0 Å². The maximum absolute atomic E-state index is 2.32. The molecule has 0 aromatic heterocycles. The van der Waals surface area contributed by atoms with E-state index in [2.05, 4.69) is 79.7 Å². The van der Waals surface area contributed by atoms with Crippen molar-refractivity contribution >= 4 is 10.9 Å². The molecule has 4 rings (SSSR count). The number of thiol groups is 1. The van der Waals surface area contributed by atoms with E-state index in [0.29, 0.717) is 0 Å². The van der Waals surface area contributed by atoms with Crippen molar-refractivity contribution in [2.24, 2.45) is 0 Å².